The number of fused-ring (bicyclic) bond motifs is 1. The predicted molar refractivity (Wildman–Crippen MR) is 68.7 cm³/mol. The monoisotopic (exact) mass is 299 g/mol. The van der Waals surface area contributed by atoms with Crippen molar-refractivity contribution in [3.05, 3.63) is 28.5 Å². The Morgan fingerprint density at radius 1 is 1.53 bits per heavy atom. The molecule has 0 saturated heterocycles. The maximum Gasteiger partial charge on any atom is 0.137 e. The summed E-state index contributed by atoms with van der Waals surface area (Å²) in [5.41, 5.74) is 1.34. The average Bonchev–Trinajstić information content (AvgIpc) is 2.71. The van der Waals surface area contributed by atoms with Gasteiger partial charge in [0.25, 0.3) is 0 Å². The first kappa shape index (κ1) is 12.5. The van der Waals surface area contributed by atoms with E-state index in [0.717, 1.165) is 9.86 Å². The number of aliphatic hydroxyl groups excluding tert-OH is 2. The number of likely N-dealkylation sites (N-methyl/N-ethyl adjacent to an activating group) is 1. The van der Waals surface area contributed by atoms with Crippen molar-refractivity contribution < 1.29 is 10.2 Å². The average molecular weight is 300 g/mol. The minimum absolute atomic E-state index is 0.329. The second-order valence-electron chi connectivity index (χ2n) is 3.86. The summed E-state index contributed by atoms with van der Waals surface area (Å²) in [6.07, 6.45) is 1.57. The van der Waals surface area contributed by atoms with Crippen LogP contribution in [0.4, 0.5) is 0 Å². The highest BCUT2D eigenvalue weighted by atomic mass is 79.9. The Morgan fingerprint density at radius 2 is 2.29 bits per heavy atom. The van der Waals surface area contributed by atoms with E-state index in [1.54, 1.807) is 19.4 Å². The molecule has 0 aliphatic carbocycles. The molecule has 0 aromatic carbocycles. The first-order valence-electron chi connectivity index (χ1n) is 5.26. The highest BCUT2D eigenvalue weighted by Crippen LogP contribution is 2.27. The fourth-order valence-electron chi connectivity index (χ4n) is 1.77. The largest absolute Gasteiger partial charge is 0.389 e. The molecule has 0 aliphatic rings. The van der Waals surface area contributed by atoms with Crippen LogP contribution in [0.2, 0.25) is 0 Å². The molecule has 2 heterocycles. The summed E-state index contributed by atoms with van der Waals surface area (Å²) in [6, 6.07) is 1.86. The van der Waals surface area contributed by atoms with E-state index >= 15 is 0 Å². The lowest BCUT2D eigenvalue weighted by Crippen LogP contribution is -2.29. The number of H-pyrrole nitrogens is 1. The Bertz CT molecular complexity index is 514. The van der Waals surface area contributed by atoms with Gasteiger partial charge in [-0.25, -0.2) is 4.98 Å². The molecular formula is C11H14BrN3O2. The summed E-state index contributed by atoms with van der Waals surface area (Å²) in [7, 11) is 1.73. The van der Waals surface area contributed by atoms with Crippen LogP contribution in [0.5, 0.6) is 0 Å². The lowest BCUT2D eigenvalue weighted by atomic mass is 10.0. The van der Waals surface area contributed by atoms with Gasteiger partial charge in [-0.1, -0.05) is 0 Å². The first-order valence-corrected chi connectivity index (χ1v) is 6.06. The number of aromatic nitrogens is 2. The SMILES string of the molecule is CNCC(O)C(O)c1c[nH]c2ncc(Br)cc12. The number of pyridine rings is 1. The van der Waals surface area contributed by atoms with Gasteiger partial charge in [-0.15, -0.1) is 0 Å². The molecule has 17 heavy (non-hydrogen) atoms. The molecule has 2 aromatic heterocycles. The number of halogens is 1. The van der Waals surface area contributed by atoms with Gasteiger partial charge in [-0.05, 0) is 29.0 Å². The molecule has 2 rings (SSSR count). The Morgan fingerprint density at radius 3 is 3.00 bits per heavy atom. The lowest BCUT2D eigenvalue weighted by molar-refractivity contribution is 0.0211. The topological polar surface area (TPSA) is 81.2 Å². The smallest absolute Gasteiger partial charge is 0.137 e. The molecule has 5 nitrogen and oxygen atoms in total. The van der Waals surface area contributed by atoms with E-state index in [0.29, 0.717) is 17.8 Å². The summed E-state index contributed by atoms with van der Waals surface area (Å²) in [5, 5.41) is 23.4. The molecule has 0 aliphatic heterocycles. The van der Waals surface area contributed by atoms with Crippen molar-refractivity contribution in [2.45, 2.75) is 12.2 Å². The van der Waals surface area contributed by atoms with E-state index in [2.05, 4.69) is 31.2 Å². The number of nitrogens with one attached hydrogen (secondary N) is 2. The third-order valence-corrected chi connectivity index (χ3v) is 3.06. The van der Waals surface area contributed by atoms with E-state index in [9.17, 15) is 10.2 Å². The minimum Gasteiger partial charge on any atom is -0.389 e. The normalized spacial score (nSPS) is 15.1. The van der Waals surface area contributed by atoms with Gasteiger partial charge in [0.15, 0.2) is 0 Å². The molecular weight excluding hydrogens is 286 g/mol. The Balaban J connectivity index is 2.38. The predicted octanol–water partition coefficient (Wildman–Crippen LogP) is 0.939. The Kier molecular flexibility index (Phi) is 3.78. The van der Waals surface area contributed by atoms with Gasteiger partial charge in [-0.2, -0.15) is 0 Å². The van der Waals surface area contributed by atoms with E-state index < -0.39 is 12.2 Å². The number of aliphatic hydroxyl groups is 2. The standard InChI is InChI=1S/C11H14BrN3O2/c1-13-5-9(16)10(17)8-4-15-11-7(8)2-6(12)3-14-11/h2-4,9-10,13,16-17H,5H2,1H3,(H,14,15). The molecule has 2 unspecified atom stereocenters. The Labute approximate surface area is 107 Å². The molecule has 4 N–H and O–H groups in total. The molecule has 0 radical (unpaired) electrons. The molecule has 6 heteroatoms. The highest BCUT2D eigenvalue weighted by molar-refractivity contribution is 9.10. The van der Waals surface area contributed by atoms with Crippen molar-refractivity contribution in [2.75, 3.05) is 13.6 Å². The number of aromatic amines is 1. The van der Waals surface area contributed by atoms with Crippen LogP contribution in [-0.2, 0) is 0 Å². The quantitative estimate of drug-likeness (QED) is 0.677. The van der Waals surface area contributed by atoms with Gasteiger partial charge in [0.2, 0.25) is 0 Å². The first-order chi connectivity index (χ1) is 8.13. The molecule has 92 valence electrons. The molecule has 0 amide bonds. The summed E-state index contributed by atoms with van der Waals surface area (Å²) >= 11 is 3.34. The Hall–Kier alpha value is -0.950. The summed E-state index contributed by atoms with van der Waals surface area (Å²) in [5.74, 6) is 0. The number of hydrogen-bond acceptors (Lipinski definition) is 4. The number of hydrogen-bond donors (Lipinski definition) is 4. The molecule has 0 bridgehead atoms. The zero-order chi connectivity index (χ0) is 12.4. The van der Waals surface area contributed by atoms with E-state index in [-0.39, 0.29) is 0 Å². The van der Waals surface area contributed by atoms with Crippen LogP contribution in [-0.4, -0.2) is 39.9 Å². The number of rotatable bonds is 4. The van der Waals surface area contributed by atoms with Crippen LogP contribution in [0.3, 0.4) is 0 Å². The second-order valence-corrected chi connectivity index (χ2v) is 4.78. The van der Waals surface area contributed by atoms with Gasteiger partial charge in [-0.3, -0.25) is 0 Å². The van der Waals surface area contributed by atoms with Crippen molar-refractivity contribution in [3.8, 4) is 0 Å². The molecule has 2 atom stereocenters. The summed E-state index contributed by atoms with van der Waals surface area (Å²) in [6.45, 7) is 0.329. The maximum absolute atomic E-state index is 10.0. The molecule has 0 spiro atoms. The minimum atomic E-state index is -0.938. The van der Waals surface area contributed by atoms with Gasteiger partial charge < -0.3 is 20.5 Å². The third kappa shape index (κ3) is 2.50. The van der Waals surface area contributed by atoms with E-state index in [4.69, 9.17) is 0 Å². The fourth-order valence-corrected chi connectivity index (χ4v) is 2.10. The van der Waals surface area contributed by atoms with Crippen LogP contribution in [0.1, 0.15) is 11.7 Å². The van der Waals surface area contributed by atoms with Crippen LogP contribution in [0.15, 0.2) is 22.9 Å². The maximum atomic E-state index is 10.0. The van der Waals surface area contributed by atoms with Gasteiger partial charge >= 0.3 is 0 Å². The van der Waals surface area contributed by atoms with E-state index in [1.807, 2.05) is 6.07 Å². The van der Waals surface area contributed by atoms with Crippen LogP contribution in [0.25, 0.3) is 11.0 Å². The summed E-state index contributed by atoms with van der Waals surface area (Å²) < 4.78 is 0.834. The number of nitrogens with zero attached hydrogens (tertiary/aromatic N) is 1. The molecule has 2 aromatic rings. The van der Waals surface area contributed by atoms with Crippen molar-refractivity contribution in [1.29, 1.82) is 0 Å². The zero-order valence-electron chi connectivity index (χ0n) is 9.31. The van der Waals surface area contributed by atoms with Gasteiger partial charge in [0.1, 0.15) is 11.8 Å². The summed E-state index contributed by atoms with van der Waals surface area (Å²) in [4.78, 5) is 7.15. The van der Waals surface area contributed by atoms with Gasteiger partial charge in [0, 0.05) is 34.4 Å². The second kappa shape index (κ2) is 5.14. The van der Waals surface area contributed by atoms with Gasteiger partial charge in [0.05, 0.1) is 6.10 Å². The van der Waals surface area contributed by atoms with Crippen molar-refractivity contribution >= 4 is 27.0 Å². The van der Waals surface area contributed by atoms with Crippen molar-refractivity contribution in [3.63, 3.8) is 0 Å². The van der Waals surface area contributed by atoms with Crippen molar-refractivity contribution in [2.24, 2.45) is 0 Å². The van der Waals surface area contributed by atoms with Crippen LogP contribution < -0.4 is 5.32 Å². The molecule has 0 fully saturated rings. The molecule has 0 saturated carbocycles. The highest BCUT2D eigenvalue weighted by Gasteiger charge is 2.21. The third-order valence-electron chi connectivity index (χ3n) is 2.63. The van der Waals surface area contributed by atoms with Crippen LogP contribution >= 0.6 is 15.9 Å². The zero-order valence-corrected chi connectivity index (χ0v) is 10.9. The van der Waals surface area contributed by atoms with Crippen LogP contribution in [0, 0.1) is 0 Å². The lowest BCUT2D eigenvalue weighted by Gasteiger charge is -2.16. The van der Waals surface area contributed by atoms with Crippen molar-refractivity contribution in [1.82, 2.24) is 15.3 Å². The fraction of sp³-hybridized carbons (Fsp3) is 0.364. The van der Waals surface area contributed by atoms with E-state index in [1.165, 1.54) is 0 Å².